The van der Waals surface area contributed by atoms with Crippen LogP contribution in [-0.2, 0) is 17.5 Å². The predicted molar refractivity (Wildman–Crippen MR) is 127 cm³/mol. The van der Waals surface area contributed by atoms with Gasteiger partial charge in [0.15, 0.2) is 6.29 Å². The Morgan fingerprint density at radius 1 is 1.08 bits per heavy atom. The van der Waals surface area contributed by atoms with Crippen LogP contribution >= 0.6 is 0 Å². The van der Waals surface area contributed by atoms with Crippen molar-refractivity contribution in [2.24, 2.45) is 17.3 Å². The first-order chi connectivity index (χ1) is 17.6. The monoisotopic (exact) mass is 545 g/mol. The number of nitrogens with one attached hydrogen (secondary N) is 1. The fraction of sp³-hybridized carbons (Fsp3) is 0.556. The molecule has 2 aliphatic carbocycles. The summed E-state index contributed by atoms with van der Waals surface area (Å²) in [6, 6.07) is 5.37. The molecule has 38 heavy (non-hydrogen) atoms. The highest BCUT2D eigenvalue weighted by atomic mass is 19.4. The van der Waals surface area contributed by atoms with E-state index in [1.807, 2.05) is 0 Å². The molecule has 0 radical (unpaired) electrons. The van der Waals surface area contributed by atoms with Crippen molar-refractivity contribution in [3.63, 3.8) is 0 Å². The van der Waals surface area contributed by atoms with Crippen LogP contribution < -0.4 is 10.1 Å². The average Bonchev–Trinajstić information content (AvgIpc) is 2.81. The topological polar surface area (TPSA) is 75.6 Å². The molecule has 0 aromatic heterocycles. The van der Waals surface area contributed by atoms with Gasteiger partial charge in [0, 0.05) is 23.5 Å². The first-order valence-corrected chi connectivity index (χ1v) is 12.4. The van der Waals surface area contributed by atoms with E-state index >= 15 is 0 Å². The molecule has 4 rings (SSSR count). The minimum Gasteiger partial charge on any atom is -0.490 e. The first-order valence-electron chi connectivity index (χ1n) is 12.4. The number of benzene rings is 2. The van der Waals surface area contributed by atoms with Crippen LogP contribution in [0, 0.1) is 17.3 Å². The molecule has 0 spiro atoms. The second-order valence-corrected chi connectivity index (χ2v) is 10.8. The van der Waals surface area contributed by atoms with Crippen LogP contribution in [0.15, 0.2) is 24.3 Å². The van der Waals surface area contributed by atoms with E-state index in [0.29, 0.717) is 18.3 Å². The fourth-order valence-electron chi connectivity index (χ4n) is 5.75. The van der Waals surface area contributed by atoms with Crippen molar-refractivity contribution < 1.29 is 45.8 Å². The van der Waals surface area contributed by atoms with Crippen molar-refractivity contribution in [1.82, 2.24) is 5.32 Å². The number of carboxylic acid groups (broad SMARTS) is 1. The lowest BCUT2D eigenvalue weighted by molar-refractivity contribution is -0.185. The second-order valence-electron chi connectivity index (χ2n) is 10.8. The van der Waals surface area contributed by atoms with Crippen molar-refractivity contribution >= 4 is 23.0 Å². The first kappa shape index (κ1) is 28.2. The number of aldehydes is 1. The van der Waals surface area contributed by atoms with E-state index in [1.165, 1.54) is 12.1 Å². The quantitative estimate of drug-likeness (QED) is 0.297. The van der Waals surface area contributed by atoms with Crippen molar-refractivity contribution in [2.75, 3.05) is 0 Å². The lowest BCUT2D eigenvalue weighted by Gasteiger charge is -2.50. The molecule has 0 amide bonds. The summed E-state index contributed by atoms with van der Waals surface area (Å²) in [5, 5.41) is 12.4. The SMILES string of the molecule is CC1(C)C(NCc2ccc3ccc(OC4CCC(C(F)(F)F)CC4)c(C(F)(F)F)c3c2C=O)CC1C(=O)O. The highest BCUT2D eigenvalue weighted by Gasteiger charge is 2.51. The van der Waals surface area contributed by atoms with E-state index in [4.69, 9.17) is 4.74 Å². The van der Waals surface area contributed by atoms with Gasteiger partial charge in [0.2, 0.25) is 0 Å². The number of carbonyl (C=O) groups excluding carboxylic acids is 1. The third kappa shape index (κ3) is 5.34. The van der Waals surface area contributed by atoms with Gasteiger partial charge < -0.3 is 15.2 Å². The Kier molecular flexibility index (Phi) is 7.46. The van der Waals surface area contributed by atoms with Gasteiger partial charge in [-0.15, -0.1) is 0 Å². The summed E-state index contributed by atoms with van der Waals surface area (Å²) >= 11 is 0. The van der Waals surface area contributed by atoms with Gasteiger partial charge in [-0.1, -0.05) is 32.0 Å². The van der Waals surface area contributed by atoms with Crippen LogP contribution in [0.1, 0.15) is 67.4 Å². The van der Waals surface area contributed by atoms with Gasteiger partial charge in [0.05, 0.1) is 17.9 Å². The van der Waals surface area contributed by atoms with E-state index in [1.54, 1.807) is 19.9 Å². The maximum Gasteiger partial charge on any atom is 0.420 e. The highest BCUT2D eigenvalue weighted by molar-refractivity contribution is 6.02. The molecule has 11 heteroatoms. The van der Waals surface area contributed by atoms with E-state index in [2.05, 4.69) is 5.32 Å². The predicted octanol–water partition coefficient (Wildman–Crippen LogP) is 6.76. The van der Waals surface area contributed by atoms with Gasteiger partial charge >= 0.3 is 18.3 Å². The Labute approximate surface area is 215 Å². The Bertz CT molecular complexity index is 1210. The van der Waals surface area contributed by atoms with Crippen molar-refractivity contribution in [3.05, 3.63) is 41.0 Å². The molecule has 2 saturated carbocycles. The number of hydrogen-bond acceptors (Lipinski definition) is 4. The summed E-state index contributed by atoms with van der Waals surface area (Å²) in [5.41, 5.74) is -1.56. The number of alkyl halides is 6. The minimum absolute atomic E-state index is 0.0292. The lowest BCUT2D eigenvalue weighted by atomic mass is 9.58. The van der Waals surface area contributed by atoms with E-state index in [9.17, 15) is 41.0 Å². The number of rotatable bonds is 7. The summed E-state index contributed by atoms with van der Waals surface area (Å²) in [6.07, 6.45) is -9.84. The number of aliphatic carboxylic acids is 1. The maximum atomic E-state index is 14.4. The zero-order valence-corrected chi connectivity index (χ0v) is 20.9. The molecule has 208 valence electrons. The van der Waals surface area contributed by atoms with Gasteiger partial charge in [0.1, 0.15) is 11.3 Å². The molecule has 2 atom stereocenters. The summed E-state index contributed by atoms with van der Waals surface area (Å²) in [7, 11) is 0. The molecular formula is C27H29F6NO4. The third-order valence-corrected chi connectivity index (χ3v) is 8.22. The molecule has 0 aliphatic heterocycles. The Morgan fingerprint density at radius 3 is 2.24 bits per heavy atom. The zero-order chi connectivity index (χ0) is 28.0. The lowest BCUT2D eigenvalue weighted by Crippen LogP contribution is -2.59. The summed E-state index contributed by atoms with van der Waals surface area (Å²) in [5.74, 6) is -3.48. The van der Waals surface area contributed by atoms with Gasteiger partial charge in [-0.3, -0.25) is 9.59 Å². The standard InChI is InChI=1S/C27H29F6NO4/c1-25(2)19(24(36)37)11-21(25)34-12-15-4-3-14-5-10-20(23(27(31,32)33)22(14)18(15)13-35)38-17-8-6-16(7-9-17)26(28,29)30/h3-5,10,13,16-17,19,21,34H,6-9,11-12H2,1-2H3,(H,36,37). The third-order valence-electron chi connectivity index (χ3n) is 8.22. The number of hydrogen-bond donors (Lipinski definition) is 2. The van der Waals surface area contributed by atoms with E-state index in [-0.39, 0.29) is 54.6 Å². The Hall–Kier alpha value is -2.82. The van der Waals surface area contributed by atoms with Gasteiger partial charge in [0.25, 0.3) is 0 Å². The van der Waals surface area contributed by atoms with Crippen LogP contribution in [-0.4, -0.2) is 35.7 Å². The number of ether oxygens (including phenoxy) is 1. The Balaban J connectivity index is 1.64. The van der Waals surface area contributed by atoms with E-state index in [0.717, 1.165) is 6.07 Å². The molecule has 0 saturated heterocycles. The second kappa shape index (κ2) is 10.1. The van der Waals surface area contributed by atoms with Crippen molar-refractivity contribution in [1.29, 1.82) is 0 Å². The Morgan fingerprint density at radius 2 is 1.71 bits per heavy atom. The normalized spacial score (nSPS) is 25.6. The summed E-state index contributed by atoms with van der Waals surface area (Å²) in [6.45, 7) is 3.64. The zero-order valence-electron chi connectivity index (χ0n) is 20.9. The van der Waals surface area contributed by atoms with Gasteiger partial charge in [-0.05, 0) is 54.5 Å². The van der Waals surface area contributed by atoms with Crippen LogP contribution in [0.4, 0.5) is 26.3 Å². The number of carbonyl (C=O) groups is 2. The van der Waals surface area contributed by atoms with Crippen LogP contribution in [0.2, 0.25) is 0 Å². The van der Waals surface area contributed by atoms with Gasteiger partial charge in [-0.25, -0.2) is 0 Å². The molecule has 2 unspecified atom stereocenters. The molecule has 5 nitrogen and oxygen atoms in total. The number of fused-ring (bicyclic) bond motifs is 1. The van der Waals surface area contributed by atoms with E-state index < -0.39 is 53.0 Å². The van der Waals surface area contributed by atoms with Gasteiger partial charge in [-0.2, -0.15) is 26.3 Å². The summed E-state index contributed by atoms with van der Waals surface area (Å²) < 4.78 is 87.8. The average molecular weight is 546 g/mol. The minimum atomic E-state index is -4.90. The van der Waals surface area contributed by atoms with Crippen LogP contribution in [0.25, 0.3) is 10.8 Å². The van der Waals surface area contributed by atoms with Crippen LogP contribution in [0.5, 0.6) is 5.75 Å². The summed E-state index contributed by atoms with van der Waals surface area (Å²) in [4.78, 5) is 23.5. The molecule has 2 fully saturated rings. The highest BCUT2D eigenvalue weighted by Crippen LogP contribution is 2.47. The number of halogens is 6. The van der Waals surface area contributed by atoms with Crippen molar-refractivity contribution in [3.8, 4) is 5.75 Å². The molecule has 2 aromatic rings. The molecule has 0 bridgehead atoms. The van der Waals surface area contributed by atoms with Crippen LogP contribution in [0.3, 0.4) is 0 Å². The number of carboxylic acids is 1. The fourth-order valence-corrected chi connectivity index (χ4v) is 5.75. The smallest absolute Gasteiger partial charge is 0.420 e. The molecule has 2 aromatic carbocycles. The maximum absolute atomic E-state index is 14.4. The molecular weight excluding hydrogens is 516 g/mol. The molecule has 0 heterocycles. The van der Waals surface area contributed by atoms with Crippen molar-refractivity contribution in [2.45, 2.75) is 77.0 Å². The molecule has 2 N–H and O–H groups in total. The largest absolute Gasteiger partial charge is 0.490 e. The molecule has 2 aliphatic rings.